The van der Waals surface area contributed by atoms with E-state index in [9.17, 15) is 4.79 Å². The van der Waals surface area contributed by atoms with E-state index in [-0.39, 0.29) is 11.4 Å². The van der Waals surface area contributed by atoms with Crippen LogP contribution in [0.1, 0.15) is 23.7 Å². The molecule has 100 valence electrons. The molecule has 0 atom stereocenters. The average Bonchev–Trinajstić information content (AvgIpc) is 2.44. The summed E-state index contributed by atoms with van der Waals surface area (Å²) in [6, 6.07) is 3.41. The van der Waals surface area contributed by atoms with E-state index >= 15 is 0 Å². The van der Waals surface area contributed by atoms with E-state index in [2.05, 4.69) is 42.2 Å². The molecule has 0 aromatic carbocycles. The number of alkyl halides is 2. The zero-order valence-corrected chi connectivity index (χ0v) is 13.5. The molecule has 1 amide bonds. The van der Waals surface area contributed by atoms with Crippen LogP contribution in [0.15, 0.2) is 18.3 Å². The predicted molar refractivity (Wildman–Crippen MR) is 78.9 cm³/mol. The number of nitrogens with zero attached hydrogens (tertiary/aromatic N) is 1. The van der Waals surface area contributed by atoms with Gasteiger partial charge in [-0.1, -0.05) is 38.8 Å². The summed E-state index contributed by atoms with van der Waals surface area (Å²) in [6.07, 6.45) is 2.41. The monoisotopic (exact) mass is 378 g/mol. The maximum Gasteiger partial charge on any atom is 0.257 e. The largest absolute Gasteiger partial charge is 0.480 e. The number of rotatable bonds is 6. The molecule has 1 aromatic heterocycles. The summed E-state index contributed by atoms with van der Waals surface area (Å²) in [5, 5.41) is 4.37. The van der Waals surface area contributed by atoms with Crippen LogP contribution >= 0.6 is 31.9 Å². The van der Waals surface area contributed by atoms with Crippen molar-refractivity contribution in [1.29, 1.82) is 0 Å². The number of carbonyl (C=O) groups excluding carboxylic acids is 1. The first-order valence-electron chi connectivity index (χ1n) is 5.56. The lowest BCUT2D eigenvalue weighted by atomic mass is 10.0. The van der Waals surface area contributed by atoms with Gasteiger partial charge in [-0.05, 0) is 18.6 Å². The first-order valence-corrected chi connectivity index (χ1v) is 7.80. The number of ether oxygens (including phenoxy) is 1. The van der Waals surface area contributed by atoms with Crippen molar-refractivity contribution in [3.05, 3.63) is 23.9 Å². The minimum atomic E-state index is -0.308. The third kappa shape index (κ3) is 3.45. The molecule has 0 spiro atoms. The van der Waals surface area contributed by atoms with Crippen molar-refractivity contribution < 1.29 is 9.53 Å². The van der Waals surface area contributed by atoms with E-state index in [1.807, 2.05) is 6.92 Å². The zero-order valence-electron chi connectivity index (χ0n) is 10.4. The standard InChI is InChI=1S/C12H16Br2N2O2/c1-3-12(7-13,8-14)16-10(17)9-5-4-6-15-11(9)18-2/h4-6H,3,7-8H2,1-2H3,(H,16,17). The second-order valence-corrected chi connectivity index (χ2v) is 5.04. The summed E-state index contributed by atoms with van der Waals surface area (Å²) in [7, 11) is 1.50. The van der Waals surface area contributed by atoms with Crippen molar-refractivity contribution in [2.75, 3.05) is 17.8 Å². The highest BCUT2D eigenvalue weighted by molar-refractivity contribution is 9.09. The molecular weight excluding hydrogens is 364 g/mol. The Morgan fingerprint density at radius 3 is 2.67 bits per heavy atom. The molecule has 1 aromatic rings. The Labute approximate surface area is 124 Å². The summed E-state index contributed by atoms with van der Waals surface area (Å²) in [4.78, 5) is 16.3. The van der Waals surface area contributed by atoms with Gasteiger partial charge in [-0.3, -0.25) is 4.79 Å². The SMILES string of the molecule is CCC(CBr)(CBr)NC(=O)c1cccnc1OC. The molecule has 0 aliphatic rings. The third-order valence-electron chi connectivity index (χ3n) is 2.78. The van der Waals surface area contributed by atoms with Gasteiger partial charge in [0.25, 0.3) is 5.91 Å². The fourth-order valence-electron chi connectivity index (χ4n) is 1.41. The van der Waals surface area contributed by atoms with Gasteiger partial charge in [0.1, 0.15) is 5.56 Å². The van der Waals surface area contributed by atoms with Crippen LogP contribution in [-0.2, 0) is 0 Å². The van der Waals surface area contributed by atoms with E-state index in [4.69, 9.17) is 4.74 Å². The third-order valence-corrected chi connectivity index (χ3v) is 4.92. The van der Waals surface area contributed by atoms with E-state index in [0.717, 1.165) is 6.42 Å². The Balaban J connectivity index is 2.94. The summed E-state index contributed by atoms with van der Waals surface area (Å²) >= 11 is 6.88. The lowest BCUT2D eigenvalue weighted by molar-refractivity contribution is 0.0911. The number of aromatic nitrogens is 1. The van der Waals surface area contributed by atoms with Crippen molar-refractivity contribution >= 4 is 37.8 Å². The molecule has 18 heavy (non-hydrogen) atoms. The van der Waals surface area contributed by atoms with E-state index in [1.54, 1.807) is 18.3 Å². The van der Waals surface area contributed by atoms with Gasteiger partial charge in [0.15, 0.2) is 0 Å². The van der Waals surface area contributed by atoms with Crippen molar-refractivity contribution in [3.8, 4) is 5.88 Å². The minimum Gasteiger partial charge on any atom is -0.480 e. The summed E-state index contributed by atoms with van der Waals surface area (Å²) in [6.45, 7) is 2.03. The van der Waals surface area contributed by atoms with Crippen LogP contribution in [0, 0.1) is 0 Å². The van der Waals surface area contributed by atoms with Gasteiger partial charge in [0, 0.05) is 16.9 Å². The summed E-state index contributed by atoms with van der Waals surface area (Å²) < 4.78 is 5.09. The molecule has 4 nitrogen and oxygen atoms in total. The molecule has 0 unspecified atom stereocenters. The molecule has 0 fully saturated rings. The number of methoxy groups -OCH3 is 1. The number of halogens is 2. The first kappa shape index (κ1) is 15.4. The Bertz CT molecular complexity index is 401. The summed E-state index contributed by atoms with van der Waals surface area (Å²) in [5.74, 6) is 0.157. The normalized spacial score (nSPS) is 11.1. The lowest BCUT2D eigenvalue weighted by Crippen LogP contribution is -2.51. The number of nitrogens with one attached hydrogen (secondary N) is 1. The molecule has 0 aliphatic heterocycles. The van der Waals surface area contributed by atoms with Gasteiger partial charge in [0.2, 0.25) is 5.88 Å². The zero-order chi connectivity index (χ0) is 13.6. The Hall–Kier alpha value is -0.620. The van der Waals surface area contributed by atoms with E-state index < -0.39 is 0 Å². The Morgan fingerprint density at radius 2 is 2.17 bits per heavy atom. The highest BCUT2D eigenvalue weighted by atomic mass is 79.9. The van der Waals surface area contributed by atoms with Gasteiger partial charge in [0.05, 0.1) is 12.6 Å². The van der Waals surface area contributed by atoms with Crippen LogP contribution in [0.4, 0.5) is 0 Å². The molecule has 0 radical (unpaired) electrons. The fraction of sp³-hybridized carbons (Fsp3) is 0.500. The molecule has 0 saturated heterocycles. The second kappa shape index (κ2) is 7.09. The molecule has 0 aliphatic carbocycles. The van der Waals surface area contributed by atoms with Crippen LogP contribution in [0.3, 0.4) is 0 Å². The number of pyridine rings is 1. The van der Waals surface area contributed by atoms with Gasteiger partial charge < -0.3 is 10.1 Å². The quantitative estimate of drug-likeness (QED) is 0.773. The Morgan fingerprint density at radius 1 is 1.50 bits per heavy atom. The van der Waals surface area contributed by atoms with Crippen molar-refractivity contribution in [2.24, 2.45) is 0 Å². The number of hydrogen-bond donors (Lipinski definition) is 1. The number of amides is 1. The second-order valence-electron chi connectivity index (χ2n) is 3.92. The molecule has 1 heterocycles. The lowest BCUT2D eigenvalue weighted by Gasteiger charge is -2.30. The van der Waals surface area contributed by atoms with Gasteiger partial charge >= 0.3 is 0 Å². The van der Waals surface area contributed by atoms with Crippen LogP contribution < -0.4 is 10.1 Å². The predicted octanol–water partition coefficient (Wildman–Crippen LogP) is 2.76. The van der Waals surface area contributed by atoms with Gasteiger partial charge in [-0.2, -0.15) is 0 Å². The van der Waals surface area contributed by atoms with Crippen LogP contribution in [-0.4, -0.2) is 34.2 Å². The molecule has 0 saturated carbocycles. The Kier molecular flexibility index (Phi) is 6.08. The van der Waals surface area contributed by atoms with Crippen LogP contribution in [0.25, 0.3) is 0 Å². The van der Waals surface area contributed by atoms with E-state index in [0.29, 0.717) is 22.1 Å². The fourth-order valence-corrected chi connectivity index (χ4v) is 3.42. The maximum absolute atomic E-state index is 12.2. The van der Waals surface area contributed by atoms with Crippen molar-refractivity contribution in [2.45, 2.75) is 18.9 Å². The maximum atomic E-state index is 12.2. The van der Waals surface area contributed by atoms with Crippen molar-refractivity contribution in [3.63, 3.8) is 0 Å². The topological polar surface area (TPSA) is 51.2 Å². The molecule has 6 heteroatoms. The number of carbonyl (C=O) groups is 1. The highest BCUT2D eigenvalue weighted by Gasteiger charge is 2.29. The first-order chi connectivity index (χ1) is 8.62. The van der Waals surface area contributed by atoms with Crippen LogP contribution in [0.5, 0.6) is 5.88 Å². The van der Waals surface area contributed by atoms with Gasteiger partial charge in [-0.25, -0.2) is 4.98 Å². The van der Waals surface area contributed by atoms with Crippen LogP contribution in [0.2, 0.25) is 0 Å². The number of hydrogen-bond acceptors (Lipinski definition) is 3. The highest BCUT2D eigenvalue weighted by Crippen LogP contribution is 2.20. The average molecular weight is 380 g/mol. The van der Waals surface area contributed by atoms with E-state index in [1.165, 1.54) is 7.11 Å². The minimum absolute atomic E-state index is 0.180. The van der Waals surface area contributed by atoms with Crippen molar-refractivity contribution in [1.82, 2.24) is 10.3 Å². The smallest absolute Gasteiger partial charge is 0.257 e. The molecule has 1 N–H and O–H groups in total. The molecule has 1 rings (SSSR count). The molecular formula is C12H16Br2N2O2. The van der Waals surface area contributed by atoms with Gasteiger partial charge in [-0.15, -0.1) is 0 Å². The molecule has 0 bridgehead atoms. The summed E-state index contributed by atoms with van der Waals surface area (Å²) in [5.41, 5.74) is 0.137.